The number of nitriles is 1. The number of anilines is 2. The van der Waals surface area contributed by atoms with Gasteiger partial charge in [0.1, 0.15) is 11.5 Å². The maximum Gasteiger partial charge on any atom is 0.254 e. The van der Waals surface area contributed by atoms with Crippen molar-refractivity contribution in [3.63, 3.8) is 0 Å². The molecule has 200 valence electrons. The van der Waals surface area contributed by atoms with Gasteiger partial charge in [0.2, 0.25) is 5.91 Å². The Morgan fingerprint density at radius 3 is 2.26 bits per heavy atom. The molecule has 1 aliphatic heterocycles. The second-order valence-electron chi connectivity index (χ2n) is 9.22. The van der Waals surface area contributed by atoms with E-state index in [2.05, 4.69) is 35.9 Å². The number of hydrogen-bond donors (Lipinski definition) is 3. The Morgan fingerprint density at radius 2 is 1.67 bits per heavy atom. The van der Waals surface area contributed by atoms with Gasteiger partial charge in [-0.1, -0.05) is 62.0 Å². The second kappa shape index (κ2) is 12.5. The number of nitrogens with one attached hydrogen (secondary N) is 3. The summed E-state index contributed by atoms with van der Waals surface area (Å²) < 4.78 is 5.92. The number of dihydropyridines is 1. The molecule has 0 fully saturated rings. The van der Waals surface area contributed by atoms with E-state index in [9.17, 15) is 14.9 Å². The molecule has 3 aromatic rings. The molecule has 0 spiro atoms. The van der Waals surface area contributed by atoms with Gasteiger partial charge in [0.15, 0.2) is 0 Å². The highest BCUT2D eigenvalue weighted by molar-refractivity contribution is 8.03. The van der Waals surface area contributed by atoms with E-state index in [4.69, 9.17) is 4.42 Å². The van der Waals surface area contributed by atoms with Crippen LogP contribution in [0, 0.1) is 18.3 Å². The summed E-state index contributed by atoms with van der Waals surface area (Å²) in [5.74, 6) is 0.0557. The number of nitrogens with zero attached hydrogens (tertiary/aromatic N) is 1. The summed E-state index contributed by atoms with van der Waals surface area (Å²) in [5, 5.41) is 20.0. The quantitative estimate of drug-likeness (QED) is 0.289. The van der Waals surface area contributed by atoms with Crippen LogP contribution in [0.25, 0.3) is 0 Å². The number of amides is 2. The summed E-state index contributed by atoms with van der Waals surface area (Å²) >= 11 is 1.24. The lowest BCUT2D eigenvalue weighted by Crippen LogP contribution is -2.31. The van der Waals surface area contributed by atoms with E-state index in [1.54, 1.807) is 25.1 Å². The first-order valence-corrected chi connectivity index (χ1v) is 13.9. The molecule has 4 rings (SSSR count). The number of thioether (sulfide) groups is 1. The van der Waals surface area contributed by atoms with Crippen molar-refractivity contribution in [2.45, 2.75) is 46.5 Å². The fourth-order valence-corrected chi connectivity index (χ4v) is 5.55. The molecule has 1 aliphatic rings. The third-order valence-electron chi connectivity index (χ3n) is 6.58. The van der Waals surface area contributed by atoms with Crippen molar-refractivity contribution < 1.29 is 14.0 Å². The van der Waals surface area contributed by atoms with Crippen LogP contribution in [0.2, 0.25) is 0 Å². The van der Waals surface area contributed by atoms with Crippen molar-refractivity contribution in [3.05, 3.63) is 105 Å². The number of benzene rings is 2. The topological polar surface area (TPSA) is 107 Å². The molecular weight excluding hydrogens is 508 g/mol. The number of hydrogen-bond acceptors (Lipinski definition) is 6. The first kappa shape index (κ1) is 27.8. The molecule has 1 aromatic heterocycles. The molecule has 0 bridgehead atoms. The molecule has 7 nitrogen and oxygen atoms in total. The highest BCUT2D eigenvalue weighted by atomic mass is 32.2. The standard InChI is InChI=1S/C31H32N4O3S/c1-5-21-11-10-12-22(6-2)29(21)35-26(36)18-39-31-24(17-32)28(25-16-15-19(3)38-25)27(20(4)33-31)30(37)34-23-13-8-7-9-14-23/h7-16,28,33H,5-6,18H2,1-4H3,(H,34,37)(H,35,36)/t28-/m0/s1. The Labute approximate surface area is 233 Å². The molecule has 39 heavy (non-hydrogen) atoms. The van der Waals surface area contributed by atoms with Crippen LogP contribution in [0.15, 0.2) is 87.0 Å². The average Bonchev–Trinajstić information content (AvgIpc) is 3.37. The number of carbonyl (C=O) groups is 2. The summed E-state index contributed by atoms with van der Waals surface area (Å²) in [6.07, 6.45) is 1.62. The van der Waals surface area contributed by atoms with E-state index >= 15 is 0 Å². The molecule has 1 atom stereocenters. The number of aryl methyl sites for hydroxylation is 3. The number of carbonyl (C=O) groups excluding carboxylic acids is 2. The highest BCUT2D eigenvalue weighted by Crippen LogP contribution is 2.41. The first-order chi connectivity index (χ1) is 18.9. The van der Waals surface area contributed by atoms with Crippen molar-refractivity contribution in [3.8, 4) is 6.07 Å². The lowest BCUT2D eigenvalue weighted by molar-refractivity contribution is -0.114. The van der Waals surface area contributed by atoms with E-state index in [1.807, 2.05) is 49.4 Å². The normalized spacial score (nSPS) is 15.0. The van der Waals surface area contributed by atoms with Gasteiger partial charge in [-0.15, -0.1) is 0 Å². The fraction of sp³-hybridized carbons (Fsp3) is 0.258. The number of allylic oxidation sites excluding steroid dienone is 2. The van der Waals surface area contributed by atoms with Crippen LogP contribution in [0.4, 0.5) is 11.4 Å². The van der Waals surface area contributed by atoms with Crippen molar-refractivity contribution >= 4 is 35.0 Å². The second-order valence-corrected chi connectivity index (χ2v) is 10.2. The molecule has 0 aliphatic carbocycles. The molecule has 2 heterocycles. The third-order valence-corrected chi connectivity index (χ3v) is 7.60. The van der Waals surface area contributed by atoms with Gasteiger partial charge < -0.3 is 20.4 Å². The zero-order valence-electron chi connectivity index (χ0n) is 22.6. The van der Waals surface area contributed by atoms with Crippen LogP contribution < -0.4 is 16.0 Å². The van der Waals surface area contributed by atoms with Crippen LogP contribution >= 0.6 is 11.8 Å². The van der Waals surface area contributed by atoms with E-state index < -0.39 is 5.92 Å². The first-order valence-electron chi connectivity index (χ1n) is 12.9. The molecule has 0 radical (unpaired) electrons. The van der Waals surface area contributed by atoms with Crippen molar-refractivity contribution in [2.75, 3.05) is 16.4 Å². The van der Waals surface area contributed by atoms with Crippen molar-refractivity contribution in [2.24, 2.45) is 0 Å². The molecular formula is C31H32N4O3S. The Hall–Kier alpha value is -4.22. The lowest BCUT2D eigenvalue weighted by Gasteiger charge is -2.28. The zero-order chi connectivity index (χ0) is 27.9. The predicted molar refractivity (Wildman–Crippen MR) is 156 cm³/mol. The van der Waals surface area contributed by atoms with Gasteiger partial charge in [0.05, 0.1) is 33.9 Å². The predicted octanol–water partition coefficient (Wildman–Crippen LogP) is 6.42. The number of furan rings is 1. The minimum absolute atomic E-state index is 0.0947. The summed E-state index contributed by atoms with van der Waals surface area (Å²) in [5.41, 5.74) is 4.99. The minimum Gasteiger partial charge on any atom is -0.465 e. The highest BCUT2D eigenvalue weighted by Gasteiger charge is 2.36. The SMILES string of the molecule is CCc1cccc(CC)c1NC(=O)CSC1=C(C#N)[C@@H](c2ccc(C)o2)C(C(=O)Nc2ccccc2)=C(C)N1. The largest absolute Gasteiger partial charge is 0.465 e. The van der Waals surface area contributed by atoms with E-state index in [1.165, 1.54) is 11.8 Å². The smallest absolute Gasteiger partial charge is 0.254 e. The Morgan fingerprint density at radius 1 is 0.974 bits per heavy atom. The van der Waals surface area contributed by atoms with Gasteiger partial charge in [0, 0.05) is 17.1 Å². The van der Waals surface area contributed by atoms with E-state index in [0.29, 0.717) is 39.1 Å². The van der Waals surface area contributed by atoms with Crippen LogP contribution in [0.1, 0.15) is 49.3 Å². The minimum atomic E-state index is -0.716. The Balaban J connectivity index is 1.61. The third kappa shape index (κ3) is 6.27. The monoisotopic (exact) mass is 540 g/mol. The summed E-state index contributed by atoms with van der Waals surface area (Å²) in [6, 6.07) is 21.1. The van der Waals surface area contributed by atoms with E-state index in [0.717, 1.165) is 29.7 Å². The average molecular weight is 541 g/mol. The van der Waals surface area contributed by atoms with Gasteiger partial charge in [-0.05, 0) is 62.1 Å². The number of para-hydroxylation sites is 2. The maximum atomic E-state index is 13.5. The summed E-state index contributed by atoms with van der Waals surface area (Å²) in [6.45, 7) is 7.74. The van der Waals surface area contributed by atoms with Crippen LogP contribution in [-0.2, 0) is 22.4 Å². The van der Waals surface area contributed by atoms with Crippen molar-refractivity contribution in [1.29, 1.82) is 5.26 Å². The van der Waals surface area contributed by atoms with Gasteiger partial charge in [-0.2, -0.15) is 5.26 Å². The van der Waals surface area contributed by atoms with Gasteiger partial charge in [-0.3, -0.25) is 9.59 Å². The molecule has 2 aromatic carbocycles. The maximum absolute atomic E-state index is 13.5. The fourth-order valence-electron chi connectivity index (χ4n) is 4.66. The zero-order valence-corrected chi connectivity index (χ0v) is 23.4. The van der Waals surface area contributed by atoms with Gasteiger partial charge >= 0.3 is 0 Å². The van der Waals surface area contributed by atoms with Gasteiger partial charge in [-0.25, -0.2) is 0 Å². The molecule has 3 N–H and O–H groups in total. The van der Waals surface area contributed by atoms with Crippen LogP contribution in [0.3, 0.4) is 0 Å². The molecule has 8 heteroatoms. The van der Waals surface area contributed by atoms with Gasteiger partial charge in [0.25, 0.3) is 5.91 Å². The lowest BCUT2D eigenvalue weighted by atomic mass is 9.85. The van der Waals surface area contributed by atoms with Crippen LogP contribution in [0.5, 0.6) is 0 Å². The van der Waals surface area contributed by atoms with Crippen LogP contribution in [-0.4, -0.2) is 17.6 Å². The molecule has 0 unspecified atom stereocenters. The Bertz CT molecular complexity index is 1460. The molecule has 0 saturated carbocycles. The summed E-state index contributed by atoms with van der Waals surface area (Å²) in [4.78, 5) is 26.5. The van der Waals surface area contributed by atoms with E-state index in [-0.39, 0.29) is 17.6 Å². The number of rotatable bonds is 9. The Kier molecular flexibility index (Phi) is 8.95. The van der Waals surface area contributed by atoms with Crippen molar-refractivity contribution in [1.82, 2.24) is 5.32 Å². The summed E-state index contributed by atoms with van der Waals surface area (Å²) in [7, 11) is 0. The molecule has 0 saturated heterocycles. The molecule has 2 amide bonds.